The molecule has 3 heteroatoms. The lowest BCUT2D eigenvalue weighted by Crippen LogP contribution is -2.31. The van der Waals surface area contributed by atoms with Gasteiger partial charge < -0.3 is 0 Å². The lowest BCUT2D eigenvalue weighted by atomic mass is 9.93. The molecule has 4 rings (SSSR count). The van der Waals surface area contributed by atoms with Crippen LogP contribution >= 0.6 is 0 Å². The summed E-state index contributed by atoms with van der Waals surface area (Å²) in [4.78, 5) is 0. The Bertz CT molecular complexity index is 754. The number of rotatable bonds is 7. The van der Waals surface area contributed by atoms with E-state index in [-0.39, 0.29) is 14.6 Å². The van der Waals surface area contributed by atoms with E-state index in [1.54, 1.807) is 55.2 Å². The van der Waals surface area contributed by atoms with Gasteiger partial charge in [-0.1, -0.05) is 106 Å². The molecule has 0 aliphatic carbocycles. The minimum Gasteiger partial charge on any atom is -0.207 e. The topological polar surface area (TPSA) is 0 Å². The Morgan fingerprint density at radius 2 is 1.40 bits per heavy atom. The summed E-state index contributed by atoms with van der Waals surface area (Å²) in [5, 5.41) is 0. The van der Waals surface area contributed by atoms with Crippen molar-refractivity contribution < 1.29 is 4.39 Å². The van der Waals surface area contributed by atoms with Crippen molar-refractivity contribution >= 4 is 17.6 Å². The lowest BCUT2D eigenvalue weighted by Gasteiger charge is -2.36. The molecule has 2 aromatic rings. The molecule has 0 bridgehead atoms. The Balaban J connectivity index is 1.19. The maximum absolute atomic E-state index is 13.1. The molecule has 0 nitrogen and oxygen atoms in total. The smallest absolute Gasteiger partial charge is 0.123 e. The van der Waals surface area contributed by atoms with E-state index in [4.69, 9.17) is 0 Å². The van der Waals surface area contributed by atoms with Crippen molar-refractivity contribution in [1.29, 1.82) is 0 Å². The van der Waals surface area contributed by atoms with E-state index in [0.29, 0.717) is 0 Å². The highest BCUT2D eigenvalue weighted by Crippen LogP contribution is 2.41. The van der Waals surface area contributed by atoms with E-state index >= 15 is 0 Å². The zero-order valence-electron chi connectivity index (χ0n) is 18.8. The van der Waals surface area contributed by atoms with E-state index in [9.17, 15) is 4.39 Å². The third-order valence-corrected chi connectivity index (χ3v) is 16.0. The Kier molecular flexibility index (Phi) is 8.00. The van der Waals surface area contributed by atoms with Crippen LogP contribution in [0.1, 0.15) is 51.0 Å². The first-order valence-electron chi connectivity index (χ1n) is 12.6. The Hall–Kier alpha value is -1.20. The monoisotopic (exact) mass is 438 g/mol. The van der Waals surface area contributed by atoms with Gasteiger partial charge in [0.2, 0.25) is 0 Å². The van der Waals surface area contributed by atoms with Gasteiger partial charge in [0.25, 0.3) is 0 Å². The molecule has 2 heterocycles. The van der Waals surface area contributed by atoms with Crippen LogP contribution in [0.25, 0.3) is 11.1 Å². The minimum absolute atomic E-state index is 0.167. The summed E-state index contributed by atoms with van der Waals surface area (Å²) in [5.74, 6) is 0.801. The first-order valence-corrected chi connectivity index (χ1v) is 17.3. The van der Waals surface area contributed by atoms with Crippen molar-refractivity contribution in [2.75, 3.05) is 0 Å². The molecule has 162 valence electrons. The van der Waals surface area contributed by atoms with Gasteiger partial charge in [-0.15, -0.1) is 0 Å². The third kappa shape index (κ3) is 5.94. The van der Waals surface area contributed by atoms with Gasteiger partial charge in [-0.25, -0.2) is 4.39 Å². The molecule has 2 saturated heterocycles. The fourth-order valence-electron chi connectivity index (χ4n) is 6.18. The molecule has 0 unspecified atom stereocenters. The molecule has 2 aliphatic heterocycles. The van der Waals surface area contributed by atoms with Gasteiger partial charge in [0.15, 0.2) is 0 Å². The fourth-order valence-corrected chi connectivity index (χ4v) is 14.8. The van der Waals surface area contributed by atoms with Crippen LogP contribution in [0.15, 0.2) is 48.5 Å². The average molecular weight is 439 g/mol. The standard InChI is InChI=1S/C27H39FSi2/c1-2-17-29-18-15-27(16-19-29)30-20-13-23(14-21-30)4-3-22-5-7-24(8-6-22)25-9-11-26(28)12-10-25/h5-12,23,27,29-30H,2-4,13-21H2,1H3. The molecule has 0 aromatic heterocycles. The first-order chi connectivity index (χ1) is 14.7. The quantitative estimate of drug-likeness (QED) is 0.386. The first kappa shape index (κ1) is 22.0. The van der Waals surface area contributed by atoms with Crippen LogP contribution in [0.2, 0.25) is 35.8 Å². The van der Waals surface area contributed by atoms with Crippen LogP contribution < -0.4 is 0 Å². The van der Waals surface area contributed by atoms with Crippen LogP contribution in [-0.2, 0) is 6.42 Å². The largest absolute Gasteiger partial charge is 0.207 e. The lowest BCUT2D eigenvalue weighted by molar-refractivity contribution is 0.433. The van der Waals surface area contributed by atoms with E-state index in [0.717, 1.165) is 11.5 Å². The van der Waals surface area contributed by atoms with E-state index < -0.39 is 8.80 Å². The molecule has 0 amide bonds. The van der Waals surface area contributed by atoms with E-state index in [1.807, 2.05) is 12.1 Å². The summed E-state index contributed by atoms with van der Waals surface area (Å²) in [7, 11) is -0.740. The van der Waals surface area contributed by atoms with Crippen molar-refractivity contribution in [3.8, 4) is 11.1 Å². The highest BCUT2D eigenvalue weighted by atomic mass is 28.3. The predicted octanol–water partition coefficient (Wildman–Crippen LogP) is 7.86. The van der Waals surface area contributed by atoms with Gasteiger partial charge >= 0.3 is 0 Å². The van der Waals surface area contributed by atoms with Crippen molar-refractivity contribution in [2.45, 2.75) is 87.6 Å². The van der Waals surface area contributed by atoms with Crippen LogP contribution in [-0.4, -0.2) is 17.6 Å². The maximum Gasteiger partial charge on any atom is 0.123 e. The van der Waals surface area contributed by atoms with Crippen LogP contribution in [0.3, 0.4) is 0 Å². The van der Waals surface area contributed by atoms with Crippen LogP contribution in [0, 0.1) is 11.7 Å². The van der Waals surface area contributed by atoms with Gasteiger partial charge in [0, 0.05) is 17.6 Å². The van der Waals surface area contributed by atoms with Crippen molar-refractivity contribution in [3.63, 3.8) is 0 Å². The Morgan fingerprint density at radius 3 is 2.00 bits per heavy atom. The van der Waals surface area contributed by atoms with E-state index in [1.165, 1.54) is 48.8 Å². The fraction of sp³-hybridized carbons (Fsp3) is 0.556. The molecule has 0 atom stereocenters. The second-order valence-electron chi connectivity index (χ2n) is 10.1. The van der Waals surface area contributed by atoms with Crippen LogP contribution in [0.5, 0.6) is 0 Å². The van der Waals surface area contributed by atoms with Gasteiger partial charge in [-0.05, 0) is 53.1 Å². The minimum atomic E-state index is -0.442. The Labute approximate surface area is 186 Å². The SMILES string of the molecule is CCC[SiH]1CCC([SiH]2CCC(CCc3ccc(-c4ccc(F)cc4)cc3)CC2)CC1. The molecule has 0 saturated carbocycles. The normalized spacial score (nSPS) is 27.1. The van der Waals surface area contributed by atoms with E-state index in [2.05, 4.69) is 31.2 Å². The molecular formula is C27H39FSi2. The molecule has 2 aliphatic rings. The number of hydrogen-bond donors (Lipinski definition) is 0. The molecule has 2 aromatic carbocycles. The maximum atomic E-state index is 13.1. The summed E-state index contributed by atoms with van der Waals surface area (Å²) in [6.07, 6.45) is 10.4. The molecule has 0 radical (unpaired) electrons. The molecule has 2 fully saturated rings. The average Bonchev–Trinajstić information content (AvgIpc) is 2.80. The van der Waals surface area contributed by atoms with Gasteiger partial charge in [0.1, 0.15) is 5.82 Å². The second-order valence-corrected chi connectivity index (χ2v) is 17.2. The van der Waals surface area contributed by atoms with Crippen molar-refractivity contribution in [2.24, 2.45) is 5.92 Å². The highest BCUT2D eigenvalue weighted by Gasteiger charge is 2.31. The number of halogens is 1. The highest BCUT2D eigenvalue weighted by molar-refractivity contribution is 6.63. The van der Waals surface area contributed by atoms with Gasteiger partial charge in [-0.2, -0.15) is 0 Å². The molecule has 30 heavy (non-hydrogen) atoms. The third-order valence-electron chi connectivity index (χ3n) is 8.12. The predicted molar refractivity (Wildman–Crippen MR) is 134 cm³/mol. The summed E-state index contributed by atoms with van der Waals surface area (Å²) in [6, 6.07) is 24.0. The number of aryl methyl sites for hydroxylation is 1. The van der Waals surface area contributed by atoms with Gasteiger partial charge in [0.05, 0.1) is 0 Å². The molecule has 0 spiro atoms. The van der Waals surface area contributed by atoms with Gasteiger partial charge in [-0.3, -0.25) is 0 Å². The zero-order chi connectivity index (χ0) is 20.8. The number of benzene rings is 2. The molecular weight excluding hydrogens is 399 g/mol. The summed E-state index contributed by atoms with van der Waals surface area (Å²) < 4.78 is 13.1. The molecule has 0 N–H and O–H groups in total. The van der Waals surface area contributed by atoms with Crippen molar-refractivity contribution in [3.05, 3.63) is 59.9 Å². The second kappa shape index (κ2) is 10.9. The zero-order valence-corrected chi connectivity index (χ0v) is 21.1. The van der Waals surface area contributed by atoms with Crippen molar-refractivity contribution in [1.82, 2.24) is 0 Å². The van der Waals surface area contributed by atoms with Crippen LogP contribution in [0.4, 0.5) is 4.39 Å². The summed E-state index contributed by atoms with van der Waals surface area (Å²) in [5.41, 5.74) is 4.95. The number of hydrogen-bond acceptors (Lipinski definition) is 0. The summed E-state index contributed by atoms with van der Waals surface area (Å²) >= 11 is 0. The Morgan fingerprint density at radius 1 is 0.800 bits per heavy atom. The summed E-state index contributed by atoms with van der Waals surface area (Å²) in [6.45, 7) is 2.38.